The molecule has 0 amide bonds. The van der Waals surface area contributed by atoms with Crippen molar-refractivity contribution in [3.05, 3.63) is 34.4 Å². The van der Waals surface area contributed by atoms with E-state index in [0.717, 1.165) is 22.5 Å². The minimum absolute atomic E-state index is 0.0485. The lowest BCUT2D eigenvalue weighted by atomic mass is 10.2. The Bertz CT molecular complexity index is 1310. The number of esters is 1. The van der Waals surface area contributed by atoms with E-state index in [1.165, 1.54) is 18.2 Å². The molecule has 0 aliphatic rings. The van der Waals surface area contributed by atoms with Gasteiger partial charge in [-0.15, -0.1) is 0 Å². The number of hydrogen-bond acceptors (Lipinski definition) is 9. The largest absolute Gasteiger partial charge is 0.463 e. The predicted molar refractivity (Wildman–Crippen MR) is 122 cm³/mol. The number of carbonyl (C=O) groups excluding carboxylic acids is 1. The second-order valence-electron chi connectivity index (χ2n) is 7.41. The number of nitrogens with zero attached hydrogens (tertiary/aromatic N) is 5. The molecule has 0 saturated carbocycles. The predicted octanol–water partition coefficient (Wildman–Crippen LogP) is 3.36. The fourth-order valence-corrected chi connectivity index (χ4v) is 4.99. The number of benzene rings is 1. The molecule has 0 unspecified atom stereocenters. The van der Waals surface area contributed by atoms with Crippen LogP contribution in [-0.4, -0.2) is 71.9 Å². The van der Waals surface area contributed by atoms with Gasteiger partial charge < -0.3 is 9.64 Å². The first kappa shape index (κ1) is 26.2. The maximum absolute atomic E-state index is 13.5. The van der Waals surface area contributed by atoms with Crippen molar-refractivity contribution in [2.24, 2.45) is 0 Å². The molecule has 0 atom stereocenters. The molecule has 3 aromatic rings. The lowest BCUT2D eigenvalue weighted by Crippen LogP contribution is -2.22. The number of halogens is 4. The van der Waals surface area contributed by atoms with Gasteiger partial charge in [0.25, 0.3) is 0 Å². The average Bonchev–Trinajstić information content (AvgIpc) is 3.31. The summed E-state index contributed by atoms with van der Waals surface area (Å²) in [6, 6.07) is 5.88. The third kappa shape index (κ3) is 6.20. The van der Waals surface area contributed by atoms with Crippen LogP contribution in [0, 0.1) is 0 Å². The molecule has 0 saturated heterocycles. The SMILES string of the molecule is CN(C)CCOC(=O)Cn1nc(C(F)(F)F)c(Br)c1-c1nc(-c2cccc(S(C)(=O)=O)c2)ns1. The molecule has 0 bridgehead atoms. The Morgan fingerprint density at radius 1 is 1.29 bits per heavy atom. The van der Waals surface area contributed by atoms with E-state index < -0.39 is 38.7 Å². The van der Waals surface area contributed by atoms with Gasteiger partial charge in [-0.1, -0.05) is 12.1 Å². The zero-order valence-electron chi connectivity index (χ0n) is 18.1. The third-order valence-electron chi connectivity index (χ3n) is 4.39. The van der Waals surface area contributed by atoms with E-state index in [9.17, 15) is 26.4 Å². The highest BCUT2D eigenvalue weighted by atomic mass is 79.9. The Labute approximate surface area is 205 Å². The number of aromatic nitrogens is 4. The number of hydrogen-bond donors (Lipinski definition) is 0. The van der Waals surface area contributed by atoms with Crippen molar-refractivity contribution in [3.8, 4) is 22.1 Å². The molecular formula is C19H19BrF3N5O4S2. The Morgan fingerprint density at radius 3 is 2.62 bits per heavy atom. The Morgan fingerprint density at radius 2 is 2.00 bits per heavy atom. The topological polar surface area (TPSA) is 107 Å². The van der Waals surface area contributed by atoms with Crippen molar-refractivity contribution in [3.63, 3.8) is 0 Å². The summed E-state index contributed by atoms with van der Waals surface area (Å²) >= 11 is 3.72. The smallest absolute Gasteiger partial charge is 0.436 e. The summed E-state index contributed by atoms with van der Waals surface area (Å²) in [4.78, 5) is 18.3. The molecule has 0 aliphatic carbocycles. The lowest BCUT2D eigenvalue weighted by molar-refractivity contribution is -0.146. The molecule has 0 aliphatic heterocycles. The third-order valence-corrected chi connectivity index (χ3v) is 6.98. The van der Waals surface area contributed by atoms with Gasteiger partial charge >= 0.3 is 12.1 Å². The highest BCUT2D eigenvalue weighted by Crippen LogP contribution is 2.40. The molecule has 0 fully saturated rings. The van der Waals surface area contributed by atoms with Crippen LogP contribution in [0.1, 0.15) is 5.69 Å². The molecule has 2 heterocycles. The van der Waals surface area contributed by atoms with Crippen molar-refractivity contribution in [2.75, 3.05) is 33.5 Å². The zero-order valence-corrected chi connectivity index (χ0v) is 21.3. The molecule has 1 aromatic carbocycles. The van der Waals surface area contributed by atoms with Crippen LogP contribution in [0.5, 0.6) is 0 Å². The lowest BCUT2D eigenvalue weighted by Gasteiger charge is -2.10. The van der Waals surface area contributed by atoms with Crippen LogP contribution in [0.4, 0.5) is 13.2 Å². The molecule has 3 rings (SSSR count). The van der Waals surface area contributed by atoms with Crippen LogP contribution in [0.25, 0.3) is 22.1 Å². The van der Waals surface area contributed by atoms with E-state index in [2.05, 4.69) is 30.4 Å². The maximum atomic E-state index is 13.5. The first-order chi connectivity index (χ1) is 15.8. The summed E-state index contributed by atoms with van der Waals surface area (Å²) in [5.41, 5.74) is -0.953. The first-order valence-electron chi connectivity index (χ1n) is 9.56. The maximum Gasteiger partial charge on any atom is 0.436 e. The van der Waals surface area contributed by atoms with Gasteiger partial charge in [-0.2, -0.15) is 22.6 Å². The van der Waals surface area contributed by atoms with Crippen LogP contribution < -0.4 is 0 Å². The molecule has 0 radical (unpaired) electrons. The Hall–Kier alpha value is -2.36. The first-order valence-corrected chi connectivity index (χ1v) is 13.0. The van der Waals surface area contributed by atoms with Crippen molar-refractivity contribution in [2.45, 2.75) is 17.6 Å². The second kappa shape index (κ2) is 10.1. The van der Waals surface area contributed by atoms with Crippen molar-refractivity contribution < 1.29 is 31.1 Å². The second-order valence-corrected chi connectivity index (χ2v) is 11.0. The standard InChI is InChI=1S/C19H19BrF3N5O4S2/c1-27(2)7-8-32-13(29)10-28-15(14(20)16(25-28)19(21,22)23)18-24-17(26-33-18)11-5-4-6-12(9-11)34(3,30)31/h4-6,9H,7-8,10H2,1-3H3. The highest BCUT2D eigenvalue weighted by Gasteiger charge is 2.39. The normalized spacial score (nSPS) is 12.4. The molecule has 2 aromatic heterocycles. The highest BCUT2D eigenvalue weighted by molar-refractivity contribution is 9.10. The number of carbonyl (C=O) groups is 1. The summed E-state index contributed by atoms with van der Waals surface area (Å²) in [5.74, 6) is -0.648. The molecular weight excluding hydrogens is 563 g/mol. The number of ether oxygens (including phenoxy) is 1. The van der Waals surface area contributed by atoms with Crippen molar-refractivity contribution in [1.82, 2.24) is 24.0 Å². The number of sulfone groups is 1. The van der Waals surface area contributed by atoms with E-state index in [-0.39, 0.29) is 28.0 Å². The van der Waals surface area contributed by atoms with Crippen molar-refractivity contribution in [1.29, 1.82) is 0 Å². The van der Waals surface area contributed by atoms with Crippen LogP contribution in [-0.2, 0) is 32.1 Å². The minimum atomic E-state index is -4.79. The van der Waals surface area contributed by atoms with Gasteiger partial charge in [-0.25, -0.2) is 18.1 Å². The van der Waals surface area contributed by atoms with Gasteiger partial charge in [-0.3, -0.25) is 4.79 Å². The van der Waals surface area contributed by atoms with Gasteiger partial charge in [0.1, 0.15) is 18.8 Å². The molecule has 9 nitrogen and oxygen atoms in total. The van der Waals surface area contributed by atoms with E-state index in [4.69, 9.17) is 4.74 Å². The van der Waals surface area contributed by atoms with Gasteiger partial charge in [0.05, 0.1) is 9.37 Å². The molecule has 0 spiro atoms. The van der Waals surface area contributed by atoms with Crippen molar-refractivity contribution >= 4 is 43.3 Å². The molecule has 0 N–H and O–H groups in total. The summed E-state index contributed by atoms with van der Waals surface area (Å²) in [5, 5.41) is 3.61. The van der Waals surface area contributed by atoms with Crippen LogP contribution in [0.3, 0.4) is 0 Å². The monoisotopic (exact) mass is 581 g/mol. The summed E-state index contributed by atoms with van der Waals surface area (Å²) in [7, 11) is 0.0801. The summed E-state index contributed by atoms with van der Waals surface area (Å²) in [6.45, 7) is -0.0627. The van der Waals surface area contributed by atoms with Gasteiger partial charge in [0, 0.05) is 18.4 Å². The Kier molecular flexibility index (Phi) is 7.79. The zero-order chi connectivity index (χ0) is 25.3. The quantitative estimate of drug-likeness (QED) is 0.373. The fourth-order valence-electron chi connectivity index (χ4n) is 2.75. The number of likely N-dealkylation sites (N-methyl/N-ethyl adjacent to an activating group) is 1. The van der Waals surface area contributed by atoms with E-state index in [1.54, 1.807) is 25.1 Å². The van der Waals surface area contributed by atoms with E-state index >= 15 is 0 Å². The molecule has 184 valence electrons. The van der Waals surface area contributed by atoms with Gasteiger partial charge in [-0.05, 0) is 53.7 Å². The van der Waals surface area contributed by atoms with Crippen LogP contribution >= 0.6 is 27.5 Å². The van der Waals surface area contributed by atoms with Crippen LogP contribution in [0.2, 0.25) is 0 Å². The fraction of sp³-hybridized carbons (Fsp3) is 0.368. The van der Waals surface area contributed by atoms with Crippen LogP contribution in [0.15, 0.2) is 33.6 Å². The minimum Gasteiger partial charge on any atom is -0.463 e. The molecule has 34 heavy (non-hydrogen) atoms. The van der Waals surface area contributed by atoms with Gasteiger partial charge in [0.15, 0.2) is 26.4 Å². The van der Waals surface area contributed by atoms with Gasteiger partial charge in [0.2, 0.25) is 0 Å². The molecule has 15 heteroatoms. The summed E-state index contributed by atoms with van der Waals surface area (Å²) < 4.78 is 73.9. The number of rotatable bonds is 8. The number of alkyl halides is 3. The summed E-state index contributed by atoms with van der Waals surface area (Å²) in [6.07, 6.45) is -3.73. The average molecular weight is 582 g/mol. The van der Waals surface area contributed by atoms with E-state index in [0.29, 0.717) is 12.1 Å². The Balaban J connectivity index is 1.99. The van der Waals surface area contributed by atoms with E-state index in [1.807, 2.05) is 0 Å².